The number of H-pyrrole nitrogens is 1. The van der Waals surface area contributed by atoms with Crippen LogP contribution < -0.4 is 0 Å². The zero-order chi connectivity index (χ0) is 15.8. The number of amides is 1. The Hall–Kier alpha value is -2.24. The molecule has 120 valence electrons. The zero-order valence-electron chi connectivity index (χ0n) is 13.3. The van der Waals surface area contributed by atoms with Crippen LogP contribution >= 0.6 is 0 Å². The van der Waals surface area contributed by atoms with Crippen molar-refractivity contribution in [1.29, 1.82) is 0 Å². The van der Waals surface area contributed by atoms with E-state index >= 15 is 0 Å². The third kappa shape index (κ3) is 2.85. The molecule has 1 atom stereocenters. The summed E-state index contributed by atoms with van der Waals surface area (Å²) in [5, 5.41) is 7.20. The Bertz CT molecular complexity index is 704. The smallest absolute Gasteiger partial charge is 0.257 e. The lowest BCUT2D eigenvalue weighted by molar-refractivity contribution is 0.0704. The molecule has 0 radical (unpaired) electrons. The summed E-state index contributed by atoms with van der Waals surface area (Å²) in [7, 11) is 0. The van der Waals surface area contributed by atoms with Crippen LogP contribution in [0.2, 0.25) is 0 Å². The Kier molecular flexibility index (Phi) is 3.59. The number of piperidine rings is 1. The van der Waals surface area contributed by atoms with Gasteiger partial charge in [-0.25, -0.2) is 9.97 Å². The average Bonchev–Trinajstić information content (AvgIpc) is 3.36. The molecule has 0 aromatic carbocycles. The monoisotopic (exact) mass is 311 g/mol. The first-order valence-corrected chi connectivity index (χ1v) is 8.33. The van der Waals surface area contributed by atoms with Gasteiger partial charge in [0.15, 0.2) is 0 Å². The van der Waals surface area contributed by atoms with Crippen LogP contribution in [-0.2, 0) is 0 Å². The van der Waals surface area contributed by atoms with E-state index < -0.39 is 0 Å². The highest BCUT2D eigenvalue weighted by Crippen LogP contribution is 2.37. The van der Waals surface area contributed by atoms with Gasteiger partial charge < -0.3 is 4.90 Å². The van der Waals surface area contributed by atoms with Crippen molar-refractivity contribution < 1.29 is 4.79 Å². The molecule has 2 fully saturated rings. The van der Waals surface area contributed by atoms with Crippen LogP contribution in [0.15, 0.2) is 18.6 Å². The molecular formula is C17H21N5O. The quantitative estimate of drug-likeness (QED) is 0.944. The van der Waals surface area contributed by atoms with Gasteiger partial charge in [0, 0.05) is 43.0 Å². The number of aromatic amines is 1. The lowest BCUT2D eigenvalue weighted by Crippen LogP contribution is -2.39. The summed E-state index contributed by atoms with van der Waals surface area (Å²) in [5.41, 5.74) is 2.92. The van der Waals surface area contributed by atoms with Crippen molar-refractivity contribution in [2.24, 2.45) is 0 Å². The van der Waals surface area contributed by atoms with E-state index in [2.05, 4.69) is 27.1 Å². The lowest BCUT2D eigenvalue weighted by atomic mass is 9.92. The molecule has 1 N–H and O–H groups in total. The summed E-state index contributed by atoms with van der Waals surface area (Å²) in [5.74, 6) is 1.77. The molecule has 2 aromatic rings. The molecule has 0 bridgehead atoms. The fourth-order valence-corrected chi connectivity index (χ4v) is 3.35. The first-order chi connectivity index (χ1) is 11.2. The molecule has 4 rings (SSSR count). The molecule has 23 heavy (non-hydrogen) atoms. The topological polar surface area (TPSA) is 74.8 Å². The van der Waals surface area contributed by atoms with Crippen LogP contribution in [0, 0.1) is 6.92 Å². The van der Waals surface area contributed by atoms with Gasteiger partial charge in [0.25, 0.3) is 5.91 Å². The number of carbonyl (C=O) groups excluding carboxylic acids is 1. The van der Waals surface area contributed by atoms with Gasteiger partial charge in [0.2, 0.25) is 0 Å². The second-order valence-corrected chi connectivity index (χ2v) is 6.66. The SMILES string of the molecule is Cc1cn[nH]c1[C@@H]1CCCN(C(=O)c2cnc(C3CC3)nc2)C1. The van der Waals surface area contributed by atoms with Crippen molar-refractivity contribution >= 4 is 5.91 Å². The maximum absolute atomic E-state index is 12.7. The van der Waals surface area contributed by atoms with E-state index in [1.807, 2.05) is 11.1 Å². The highest BCUT2D eigenvalue weighted by Gasteiger charge is 2.29. The van der Waals surface area contributed by atoms with Crippen molar-refractivity contribution in [2.45, 2.75) is 44.4 Å². The average molecular weight is 311 g/mol. The Labute approximate surface area is 135 Å². The maximum Gasteiger partial charge on any atom is 0.257 e. The van der Waals surface area contributed by atoms with E-state index in [0.717, 1.165) is 37.4 Å². The first-order valence-electron chi connectivity index (χ1n) is 8.33. The van der Waals surface area contributed by atoms with Crippen molar-refractivity contribution in [3.63, 3.8) is 0 Å². The summed E-state index contributed by atoms with van der Waals surface area (Å²) in [6, 6.07) is 0. The Morgan fingerprint density at radius 3 is 2.61 bits per heavy atom. The number of nitrogens with one attached hydrogen (secondary N) is 1. The molecule has 1 saturated carbocycles. The van der Waals surface area contributed by atoms with Crippen LogP contribution in [0.4, 0.5) is 0 Å². The normalized spacial score (nSPS) is 21.4. The van der Waals surface area contributed by atoms with E-state index in [0.29, 0.717) is 17.4 Å². The van der Waals surface area contributed by atoms with E-state index in [1.54, 1.807) is 12.4 Å². The molecular weight excluding hydrogens is 290 g/mol. The number of likely N-dealkylation sites (tertiary alicyclic amines) is 1. The molecule has 1 amide bonds. The highest BCUT2D eigenvalue weighted by atomic mass is 16.2. The van der Waals surface area contributed by atoms with Gasteiger partial charge in [-0.3, -0.25) is 9.89 Å². The number of rotatable bonds is 3. The van der Waals surface area contributed by atoms with Gasteiger partial charge in [-0.1, -0.05) is 0 Å². The fourth-order valence-electron chi connectivity index (χ4n) is 3.35. The van der Waals surface area contributed by atoms with Gasteiger partial charge in [0.05, 0.1) is 11.8 Å². The molecule has 2 aromatic heterocycles. The molecule has 3 heterocycles. The molecule has 2 aliphatic rings. The number of nitrogens with zero attached hydrogens (tertiary/aromatic N) is 4. The number of hydrogen-bond acceptors (Lipinski definition) is 4. The number of hydrogen-bond donors (Lipinski definition) is 1. The summed E-state index contributed by atoms with van der Waals surface area (Å²) in [4.78, 5) is 23.4. The van der Waals surface area contributed by atoms with Crippen molar-refractivity contribution in [3.05, 3.63) is 41.2 Å². The van der Waals surface area contributed by atoms with Crippen molar-refractivity contribution in [3.8, 4) is 0 Å². The summed E-state index contributed by atoms with van der Waals surface area (Å²) in [6.07, 6.45) is 9.66. The lowest BCUT2D eigenvalue weighted by Gasteiger charge is -2.32. The Morgan fingerprint density at radius 1 is 1.17 bits per heavy atom. The third-order valence-corrected chi connectivity index (χ3v) is 4.85. The zero-order valence-corrected chi connectivity index (χ0v) is 13.3. The summed E-state index contributed by atoms with van der Waals surface area (Å²) < 4.78 is 0. The van der Waals surface area contributed by atoms with Crippen LogP contribution in [0.5, 0.6) is 0 Å². The van der Waals surface area contributed by atoms with Crippen molar-refractivity contribution in [2.75, 3.05) is 13.1 Å². The standard InChI is InChI=1S/C17H21N5O/c1-11-7-20-21-15(11)13-3-2-6-22(10-13)17(23)14-8-18-16(19-9-14)12-4-5-12/h7-9,12-13H,2-6,10H2,1H3,(H,20,21)/t13-/m1/s1. The van der Waals surface area contributed by atoms with E-state index in [9.17, 15) is 4.79 Å². The molecule has 6 heteroatoms. The van der Waals surface area contributed by atoms with Gasteiger partial charge in [-0.05, 0) is 38.2 Å². The molecule has 0 spiro atoms. The second-order valence-electron chi connectivity index (χ2n) is 6.66. The predicted octanol–water partition coefficient (Wildman–Crippen LogP) is 2.41. The number of carbonyl (C=O) groups is 1. The molecule has 1 saturated heterocycles. The highest BCUT2D eigenvalue weighted by molar-refractivity contribution is 5.93. The van der Waals surface area contributed by atoms with Gasteiger partial charge in [0.1, 0.15) is 5.82 Å². The van der Waals surface area contributed by atoms with E-state index in [4.69, 9.17) is 0 Å². The van der Waals surface area contributed by atoms with Crippen LogP contribution in [-0.4, -0.2) is 44.1 Å². The van der Waals surface area contributed by atoms with E-state index in [-0.39, 0.29) is 5.91 Å². The van der Waals surface area contributed by atoms with Crippen molar-refractivity contribution in [1.82, 2.24) is 25.1 Å². The van der Waals surface area contributed by atoms with Crippen LogP contribution in [0.1, 0.15) is 65.0 Å². The minimum atomic E-state index is 0.0363. The first kappa shape index (κ1) is 14.4. The van der Waals surface area contributed by atoms with Gasteiger partial charge in [-0.2, -0.15) is 5.10 Å². The minimum Gasteiger partial charge on any atom is -0.338 e. The summed E-state index contributed by atoms with van der Waals surface area (Å²) >= 11 is 0. The van der Waals surface area contributed by atoms with Gasteiger partial charge >= 0.3 is 0 Å². The van der Waals surface area contributed by atoms with Crippen LogP contribution in [0.3, 0.4) is 0 Å². The summed E-state index contributed by atoms with van der Waals surface area (Å²) in [6.45, 7) is 3.59. The second kappa shape index (κ2) is 5.76. The fraction of sp³-hybridized carbons (Fsp3) is 0.529. The number of aryl methyl sites for hydroxylation is 1. The Balaban J connectivity index is 1.48. The predicted molar refractivity (Wildman–Crippen MR) is 85.2 cm³/mol. The molecule has 6 nitrogen and oxygen atoms in total. The molecule has 1 aliphatic carbocycles. The largest absolute Gasteiger partial charge is 0.338 e. The molecule has 1 aliphatic heterocycles. The Morgan fingerprint density at radius 2 is 1.96 bits per heavy atom. The maximum atomic E-state index is 12.7. The minimum absolute atomic E-state index is 0.0363. The van der Waals surface area contributed by atoms with E-state index in [1.165, 1.54) is 18.4 Å². The van der Waals surface area contributed by atoms with Crippen LogP contribution in [0.25, 0.3) is 0 Å². The molecule has 0 unspecified atom stereocenters. The number of aromatic nitrogens is 4. The van der Waals surface area contributed by atoms with Gasteiger partial charge in [-0.15, -0.1) is 0 Å². The third-order valence-electron chi connectivity index (χ3n) is 4.85.